The number of carbonyl (C=O) groups excluding carboxylic acids is 1. The van der Waals surface area contributed by atoms with E-state index in [2.05, 4.69) is 36.1 Å². The zero-order valence-corrected chi connectivity index (χ0v) is 20.9. The molecule has 5 heteroatoms. The SMILES string of the molecule is COc1ccc(/C=C/C(=O)N2CCN(Cc3ccc(C)cc3)CC2)cc1COc1cccc(C)c1. The van der Waals surface area contributed by atoms with Gasteiger partial charge >= 0.3 is 0 Å². The lowest BCUT2D eigenvalue weighted by molar-refractivity contribution is -0.127. The monoisotopic (exact) mass is 470 g/mol. The quantitative estimate of drug-likeness (QED) is 0.422. The average molecular weight is 471 g/mol. The van der Waals surface area contributed by atoms with Gasteiger partial charge in [0.15, 0.2) is 0 Å². The summed E-state index contributed by atoms with van der Waals surface area (Å²) >= 11 is 0. The third-order valence-corrected chi connectivity index (χ3v) is 6.32. The number of ether oxygens (including phenoxy) is 2. The van der Waals surface area contributed by atoms with Crippen molar-refractivity contribution in [3.63, 3.8) is 0 Å². The van der Waals surface area contributed by atoms with Gasteiger partial charge in [0.25, 0.3) is 0 Å². The first-order chi connectivity index (χ1) is 17.0. The summed E-state index contributed by atoms with van der Waals surface area (Å²) in [5.41, 5.74) is 5.63. The highest BCUT2D eigenvalue weighted by Crippen LogP contribution is 2.23. The standard InChI is InChI=1S/C30H34N2O3/c1-23-7-9-26(10-8-23)21-31-15-17-32(18-16-31)30(33)14-12-25-11-13-29(34-3)27(20-25)22-35-28-6-4-5-24(2)19-28/h4-14,19-20H,15-18,21-22H2,1-3H3/b14-12+. The number of carbonyl (C=O) groups is 1. The lowest BCUT2D eigenvalue weighted by Crippen LogP contribution is -2.47. The van der Waals surface area contributed by atoms with E-state index in [4.69, 9.17) is 9.47 Å². The Kier molecular flexibility index (Phi) is 8.22. The van der Waals surface area contributed by atoms with Gasteiger partial charge in [0, 0.05) is 44.4 Å². The van der Waals surface area contributed by atoms with Crippen LogP contribution in [0.5, 0.6) is 11.5 Å². The van der Waals surface area contributed by atoms with Gasteiger partial charge in [0.1, 0.15) is 18.1 Å². The van der Waals surface area contributed by atoms with Gasteiger partial charge in [-0.15, -0.1) is 0 Å². The minimum atomic E-state index is 0.0494. The summed E-state index contributed by atoms with van der Waals surface area (Å²) in [6.07, 6.45) is 3.54. The molecule has 1 aliphatic heterocycles. The molecule has 3 aromatic carbocycles. The maximum atomic E-state index is 12.8. The summed E-state index contributed by atoms with van der Waals surface area (Å²) < 4.78 is 11.5. The van der Waals surface area contributed by atoms with Crippen LogP contribution < -0.4 is 9.47 Å². The van der Waals surface area contributed by atoms with E-state index in [1.54, 1.807) is 13.2 Å². The first-order valence-electron chi connectivity index (χ1n) is 12.1. The van der Waals surface area contributed by atoms with Gasteiger partial charge in [-0.05, 0) is 60.9 Å². The highest BCUT2D eigenvalue weighted by atomic mass is 16.5. The molecule has 1 aliphatic rings. The van der Waals surface area contributed by atoms with E-state index in [-0.39, 0.29) is 5.91 Å². The lowest BCUT2D eigenvalue weighted by Gasteiger charge is -2.34. The molecule has 1 fully saturated rings. The van der Waals surface area contributed by atoms with Crippen LogP contribution in [-0.2, 0) is 17.9 Å². The maximum absolute atomic E-state index is 12.8. The zero-order valence-electron chi connectivity index (χ0n) is 20.9. The van der Waals surface area contributed by atoms with Gasteiger partial charge in [-0.25, -0.2) is 0 Å². The first-order valence-corrected chi connectivity index (χ1v) is 12.1. The smallest absolute Gasteiger partial charge is 0.246 e. The second-order valence-corrected chi connectivity index (χ2v) is 9.10. The van der Waals surface area contributed by atoms with Crippen molar-refractivity contribution in [1.82, 2.24) is 9.80 Å². The molecule has 0 aromatic heterocycles. The van der Waals surface area contributed by atoms with Gasteiger partial charge < -0.3 is 14.4 Å². The Morgan fingerprint density at radius 3 is 2.40 bits per heavy atom. The van der Waals surface area contributed by atoms with Crippen molar-refractivity contribution in [3.05, 3.63) is 101 Å². The molecule has 0 atom stereocenters. The zero-order chi connectivity index (χ0) is 24.6. The second kappa shape index (κ2) is 11.7. The molecule has 35 heavy (non-hydrogen) atoms. The molecule has 182 valence electrons. The Balaban J connectivity index is 1.32. The number of nitrogens with zero attached hydrogens (tertiary/aromatic N) is 2. The van der Waals surface area contributed by atoms with Crippen LogP contribution in [0.25, 0.3) is 6.08 Å². The van der Waals surface area contributed by atoms with Crippen LogP contribution in [0.15, 0.2) is 72.8 Å². The molecule has 0 spiro atoms. The highest BCUT2D eigenvalue weighted by Gasteiger charge is 2.19. The van der Waals surface area contributed by atoms with Gasteiger partial charge in [0.05, 0.1) is 7.11 Å². The van der Waals surface area contributed by atoms with Crippen LogP contribution >= 0.6 is 0 Å². The van der Waals surface area contributed by atoms with Crippen molar-refractivity contribution in [2.75, 3.05) is 33.3 Å². The molecule has 5 nitrogen and oxygen atoms in total. The molecular weight excluding hydrogens is 436 g/mol. The number of aryl methyl sites for hydroxylation is 2. The van der Waals surface area contributed by atoms with Crippen molar-refractivity contribution < 1.29 is 14.3 Å². The van der Waals surface area contributed by atoms with E-state index >= 15 is 0 Å². The minimum absolute atomic E-state index is 0.0494. The van der Waals surface area contributed by atoms with Crippen LogP contribution in [0.2, 0.25) is 0 Å². The fourth-order valence-corrected chi connectivity index (χ4v) is 4.23. The molecular formula is C30H34N2O3. The largest absolute Gasteiger partial charge is 0.496 e. The van der Waals surface area contributed by atoms with Crippen LogP contribution in [0, 0.1) is 13.8 Å². The van der Waals surface area contributed by atoms with E-state index in [9.17, 15) is 4.79 Å². The average Bonchev–Trinajstić information content (AvgIpc) is 2.88. The van der Waals surface area contributed by atoms with Crippen molar-refractivity contribution in [1.29, 1.82) is 0 Å². The fourth-order valence-electron chi connectivity index (χ4n) is 4.23. The Hall–Kier alpha value is -3.57. The molecule has 0 N–H and O–H groups in total. The number of hydrogen-bond donors (Lipinski definition) is 0. The molecule has 0 bridgehead atoms. The topological polar surface area (TPSA) is 42.0 Å². The minimum Gasteiger partial charge on any atom is -0.496 e. The number of amides is 1. The fraction of sp³-hybridized carbons (Fsp3) is 0.300. The normalized spacial score (nSPS) is 14.3. The summed E-state index contributed by atoms with van der Waals surface area (Å²) in [5.74, 6) is 1.64. The number of rotatable bonds is 8. The number of methoxy groups -OCH3 is 1. The number of hydrogen-bond acceptors (Lipinski definition) is 4. The van der Waals surface area contributed by atoms with E-state index < -0.39 is 0 Å². The summed E-state index contributed by atoms with van der Waals surface area (Å²) in [7, 11) is 1.66. The van der Waals surface area contributed by atoms with Crippen LogP contribution in [0.4, 0.5) is 0 Å². The second-order valence-electron chi connectivity index (χ2n) is 9.10. The molecule has 0 unspecified atom stereocenters. The van der Waals surface area contributed by atoms with E-state index in [1.807, 2.05) is 60.4 Å². The van der Waals surface area contributed by atoms with E-state index in [1.165, 1.54) is 11.1 Å². The Morgan fingerprint density at radius 1 is 0.914 bits per heavy atom. The third-order valence-electron chi connectivity index (χ3n) is 6.32. The summed E-state index contributed by atoms with van der Waals surface area (Å²) in [4.78, 5) is 17.1. The predicted octanol–water partition coefficient (Wildman–Crippen LogP) is 5.25. The van der Waals surface area contributed by atoms with Gasteiger partial charge in [-0.3, -0.25) is 9.69 Å². The molecule has 0 radical (unpaired) electrons. The summed E-state index contributed by atoms with van der Waals surface area (Å²) in [5, 5.41) is 0. The van der Waals surface area contributed by atoms with Gasteiger partial charge in [-0.2, -0.15) is 0 Å². The Labute approximate surface area is 208 Å². The molecule has 1 saturated heterocycles. The molecule has 0 aliphatic carbocycles. The number of piperazine rings is 1. The van der Waals surface area contributed by atoms with Crippen molar-refractivity contribution in [2.24, 2.45) is 0 Å². The molecule has 3 aromatic rings. The molecule has 4 rings (SSSR count). The Bertz CT molecular complexity index is 1160. The van der Waals surface area contributed by atoms with E-state index in [0.29, 0.717) is 6.61 Å². The lowest BCUT2D eigenvalue weighted by atomic mass is 10.1. The van der Waals surface area contributed by atoms with Crippen molar-refractivity contribution in [2.45, 2.75) is 27.0 Å². The number of benzene rings is 3. The van der Waals surface area contributed by atoms with Gasteiger partial charge in [-0.1, -0.05) is 48.0 Å². The van der Waals surface area contributed by atoms with Crippen molar-refractivity contribution in [3.8, 4) is 11.5 Å². The molecule has 0 saturated carbocycles. The summed E-state index contributed by atoms with van der Waals surface area (Å²) in [6, 6.07) is 22.5. The Morgan fingerprint density at radius 2 is 1.69 bits per heavy atom. The molecule has 1 heterocycles. The van der Waals surface area contributed by atoms with Crippen LogP contribution in [0.3, 0.4) is 0 Å². The summed E-state index contributed by atoms with van der Waals surface area (Å²) in [6.45, 7) is 8.73. The maximum Gasteiger partial charge on any atom is 0.246 e. The predicted molar refractivity (Wildman–Crippen MR) is 141 cm³/mol. The first kappa shape index (κ1) is 24.6. The van der Waals surface area contributed by atoms with Crippen LogP contribution in [-0.4, -0.2) is 49.0 Å². The third kappa shape index (κ3) is 6.96. The van der Waals surface area contributed by atoms with Crippen molar-refractivity contribution >= 4 is 12.0 Å². The highest BCUT2D eigenvalue weighted by molar-refractivity contribution is 5.91. The molecule has 1 amide bonds. The van der Waals surface area contributed by atoms with Gasteiger partial charge in [0.2, 0.25) is 5.91 Å². The van der Waals surface area contributed by atoms with Crippen LogP contribution in [0.1, 0.15) is 27.8 Å². The van der Waals surface area contributed by atoms with E-state index in [0.717, 1.165) is 60.9 Å².